The van der Waals surface area contributed by atoms with Gasteiger partial charge in [0, 0.05) is 0 Å². The van der Waals surface area contributed by atoms with Gasteiger partial charge in [-0.05, 0) is 0 Å². The smallest absolute Gasteiger partial charge is 0.0606 e. The van der Waals surface area contributed by atoms with Gasteiger partial charge in [-0.25, -0.2) is 0 Å². The van der Waals surface area contributed by atoms with E-state index in [0.717, 1.165) is 0 Å². The van der Waals surface area contributed by atoms with E-state index < -0.39 is 0 Å². The lowest BCUT2D eigenvalue weighted by Crippen LogP contribution is -2.12. The zero-order valence-corrected chi connectivity index (χ0v) is 17.0. The molecular weight excluding hydrogens is 364 g/mol. The fraction of sp³-hybridized carbons (Fsp3) is 0.143. The van der Waals surface area contributed by atoms with Crippen LogP contribution in [0.1, 0.15) is 34.3 Å². The number of hydrogen-bond donors (Lipinski definition) is 0. The Bertz CT molecular complexity index is 901. The molecule has 0 spiro atoms. The summed E-state index contributed by atoms with van der Waals surface area (Å²) in [6.07, 6.45) is 0. The number of hydrogen-bond acceptors (Lipinski definition) is 0. The molecular formula is C28H26N2-2. The Balaban J connectivity index is 1.63. The summed E-state index contributed by atoms with van der Waals surface area (Å²) in [4.78, 5) is 0. The van der Waals surface area contributed by atoms with Crippen LogP contribution in [0.4, 0.5) is 0 Å². The Morgan fingerprint density at radius 2 is 0.700 bits per heavy atom. The Labute approximate surface area is 179 Å². The Morgan fingerprint density at radius 3 is 1.03 bits per heavy atom. The molecule has 0 amide bonds. The minimum Gasteiger partial charge on any atom is -0.653 e. The topological polar surface area (TPSA) is 28.2 Å². The number of rotatable bonds is 9. The van der Waals surface area contributed by atoms with Crippen molar-refractivity contribution in [2.24, 2.45) is 0 Å². The standard InChI is InChI=1S/C28H26N2/c1-5-13-23(14-6-1)21-29-27(25-17-9-3-10-18-25)28(26-19-11-4-12-20-26)30-22-24-15-7-2-8-16-24/h1-20,27-28H,21-22H2/q-2. The van der Waals surface area contributed by atoms with E-state index in [9.17, 15) is 0 Å². The highest BCUT2D eigenvalue weighted by molar-refractivity contribution is 5.36. The average molecular weight is 391 g/mol. The fourth-order valence-corrected chi connectivity index (χ4v) is 3.65. The summed E-state index contributed by atoms with van der Waals surface area (Å²) in [5, 5.41) is 10.3. The first-order chi connectivity index (χ1) is 14.9. The second-order valence-electron chi connectivity index (χ2n) is 7.36. The summed E-state index contributed by atoms with van der Waals surface area (Å²) in [6.45, 7) is 1.34. The van der Waals surface area contributed by atoms with Crippen molar-refractivity contribution in [3.63, 3.8) is 0 Å². The molecule has 150 valence electrons. The van der Waals surface area contributed by atoms with Crippen LogP contribution >= 0.6 is 0 Å². The molecule has 2 nitrogen and oxygen atoms in total. The van der Waals surface area contributed by atoms with E-state index in [1.54, 1.807) is 0 Å². The van der Waals surface area contributed by atoms with Crippen LogP contribution in [0.25, 0.3) is 10.6 Å². The van der Waals surface area contributed by atoms with E-state index >= 15 is 0 Å². The molecule has 0 heterocycles. The van der Waals surface area contributed by atoms with Crippen molar-refractivity contribution < 1.29 is 0 Å². The third-order valence-corrected chi connectivity index (χ3v) is 5.21. The first-order valence-electron chi connectivity index (χ1n) is 10.4. The van der Waals surface area contributed by atoms with Gasteiger partial charge in [0.05, 0.1) is 0 Å². The van der Waals surface area contributed by atoms with E-state index in [2.05, 4.69) is 109 Å². The number of benzene rings is 4. The van der Waals surface area contributed by atoms with Crippen LogP contribution in [-0.2, 0) is 13.1 Å². The molecule has 30 heavy (non-hydrogen) atoms. The van der Waals surface area contributed by atoms with Crippen molar-refractivity contribution in [3.05, 3.63) is 154 Å². The molecule has 4 aromatic rings. The highest BCUT2D eigenvalue weighted by Crippen LogP contribution is 2.42. The van der Waals surface area contributed by atoms with Crippen molar-refractivity contribution in [3.8, 4) is 0 Å². The maximum Gasteiger partial charge on any atom is -0.0606 e. The Kier molecular flexibility index (Phi) is 7.06. The maximum absolute atomic E-state index is 5.16. The van der Waals surface area contributed by atoms with Crippen molar-refractivity contribution in [2.75, 3.05) is 0 Å². The maximum atomic E-state index is 5.16. The van der Waals surface area contributed by atoms with Crippen LogP contribution in [0, 0.1) is 0 Å². The monoisotopic (exact) mass is 390 g/mol. The van der Waals surface area contributed by atoms with Crippen molar-refractivity contribution in [1.29, 1.82) is 0 Å². The van der Waals surface area contributed by atoms with E-state index in [4.69, 9.17) is 10.6 Å². The molecule has 0 bridgehead atoms. The third-order valence-electron chi connectivity index (χ3n) is 5.21. The van der Waals surface area contributed by atoms with E-state index in [-0.39, 0.29) is 12.1 Å². The van der Waals surface area contributed by atoms with Crippen LogP contribution in [0.5, 0.6) is 0 Å². The van der Waals surface area contributed by atoms with Crippen LogP contribution in [-0.4, -0.2) is 0 Å². The van der Waals surface area contributed by atoms with Gasteiger partial charge in [0.25, 0.3) is 0 Å². The van der Waals surface area contributed by atoms with Gasteiger partial charge in [-0.1, -0.05) is 144 Å². The molecule has 0 N–H and O–H groups in total. The summed E-state index contributed by atoms with van der Waals surface area (Å²) >= 11 is 0. The predicted molar refractivity (Wildman–Crippen MR) is 125 cm³/mol. The van der Waals surface area contributed by atoms with E-state index in [1.165, 1.54) is 22.3 Å². The summed E-state index contributed by atoms with van der Waals surface area (Å²) in [5.74, 6) is 0. The average Bonchev–Trinajstić information content (AvgIpc) is 2.83. The van der Waals surface area contributed by atoms with E-state index in [0.29, 0.717) is 13.1 Å². The molecule has 0 saturated heterocycles. The molecule has 2 unspecified atom stereocenters. The van der Waals surface area contributed by atoms with Crippen LogP contribution in [0.2, 0.25) is 0 Å². The third kappa shape index (κ3) is 5.44. The zero-order chi connectivity index (χ0) is 20.4. The summed E-state index contributed by atoms with van der Waals surface area (Å²) < 4.78 is 0. The molecule has 0 aliphatic carbocycles. The Morgan fingerprint density at radius 1 is 0.400 bits per heavy atom. The summed E-state index contributed by atoms with van der Waals surface area (Å²) in [6, 6.07) is 41.9. The van der Waals surface area contributed by atoms with Gasteiger partial charge in [0.1, 0.15) is 0 Å². The van der Waals surface area contributed by atoms with Gasteiger partial charge >= 0.3 is 0 Å². The van der Waals surface area contributed by atoms with Crippen LogP contribution < -0.4 is 0 Å². The summed E-state index contributed by atoms with van der Waals surface area (Å²) in [5.41, 5.74) is 4.82. The number of nitrogens with zero attached hydrogens (tertiary/aromatic N) is 2. The zero-order valence-electron chi connectivity index (χ0n) is 17.0. The van der Waals surface area contributed by atoms with Crippen molar-refractivity contribution >= 4 is 0 Å². The molecule has 2 atom stereocenters. The second-order valence-corrected chi connectivity index (χ2v) is 7.36. The minimum atomic E-state index is -0.0440. The molecule has 0 aliphatic rings. The minimum absolute atomic E-state index is 0.0440. The van der Waals surface area contributed by atoms with Crippen LogP contribution in [0.3, 0.4) is 0 Å². The highest BCUT2D eigenvalue weighted by atomic mass is 15.0. The van der Waals surface area contributed by atoms with Gasteiger partial charge in [0.2, 0.25) is 0 Å². The van der Waals surface area contributed by atoms with Gasteiger partial charge < -0.3 is 10.6 Å². The highest BCUT2D eigenvalue weighted by Gasteiger charge is 2.10. The first kappa shape index (κ1) is 20.1. The second kappa shape index (κ2) is 10.5. The van der Waals surface area contributed by atoms with E-state index in [1.807, 2.05) is 12.1 Å². The Hall–Kier alpha value is -3.20. The molecule has 4 aromatic carbocycles. The van der Waals surface area contributed by atoms with Gasteiger partial charge in [-0.2, -0.15) is 0 Å². The molecule has 0 fully saturated rings. The lowest BCUT2D eigenvalue weighted by molar-refractivity contribution is 0.649. The largest absolute Gasteiger partial charge is 0.653 e. The van der Waals surface area contributed by atoms with Crippen molar-refractivity contribution in [1.82, 2.24) is 0 Å². The lowest BCUT2D eigenvalue weighted by Gasteiger charge is -2.48. The molecule has 4 rings (SSSR count). The van der Waals surface area contributed by atoms with Gasteiger partial charge in [-0.3, -0.25) is 0 Å². The molecule has 0 radical (unpaired) electrons. The lowest BCUT2D eigenvalue weighted by atomic mass is 9.92. The molecule has 2 heteroatoms. The van der Waals surface area contributed by atoms with Crippen molar-refractivity contribution in [2.45, 2.75) is 25.2 Å². The normalized spacial score (nSPS) is 12.9. The molecule has 0 saturated carbocycles. The van der Waals surface area contributed by atoms with Gasteiger partial charge in [0.15, 0.2) is 0 Å². The fourth-order valence-electron chi connectivity index (χ4n) is 3.65. The quantitative estimate of drug-likeness (QED) is 0.281. The SMILES string of the molecule is c1ccc(C[N-]C(c2ccccc2)C([N-]Cc2ccccc2)c2ccccc2)cc1. The molecule has 0 aromatic heterocycles. The first-order valence-corrected chi connectivity index (χ1v) is 10.4. The molecule has 0 aliphatic heterocycles. The predicted octanol–water partition coefficient (Wildman–Crippen LogP) is 7.62. The summed E-state index contributed by atoms with van der Waals surface area (Å²) in [7, 11) is 0. The van der Waals surface area contributed by atoms with Gasteiger partial charge in [-0.15, -0.1) is 25.2 Å². The van der Waals surface area contributed by atoms with Crippen LogP contribution in [0.15, 0.2) is 121 Å².